The Labute approximate surface area is 167 Å². The number of benzene rings is 1. The Bertz CT molecular complexity index is 955. The molecule has 0 spiro atoms. The number of rotatable bonds is 6. The van der Waals surface area contributed by atoms with Crippen molar-refractivity contribution >= 4 is 0 Å². The average Bonchev–Trinajstić information content (AvgIpc) is 3.35. The first-order chi connectivity index (χ1) is 13.5. The number of hydrogen-bond donors (Lipinski definition) is 1. The minimum absolute atomic E-state index is 0.519. The Morgan fingerprint density at radius 2 is 1.96 bits per heavy atom. The lowest BCUT2D eigenvalue weighted by Gasteiger charge is -2.20. The van der Waals surface area contributed by atoms with Crippen LogP contribution in [0.25, 0.3) is 5.69 Å². The summed E-state index contributed by atoms with van der Waals surface area (Å²) in [5.74, 6) is 1.62. The summed E-state index contributed by atoms with van der Waals surface area (Å²) in [5.41, 5.74) is 7.00. The van der Waals surface area contributed by atoms with Crippen molar-refractivity contribution in [2.75, 3.05) is 0 Å². The van der Waals surface area contributed by atoms with Crippen LogP contribution in [0.3, 0.4) is 0 Å². The number of aromatic nitrogens is 3. The quantitative estimate of drug-likeness (QED) is 0.681. The van der Waals surface area contributed by atoms with E-state index in [1.807, 2.05) is 6.92 Å². The van der Waals surface area contributed by atoms with Crippen molar-refractivity contribution in [3.05, 3.63) is 64.3 Å². The Hall–Kier alpha value is -2.40. The number of nitrogens with one attached hydrogen (secondary N) is 1. The highest BCUT2D eigenvalue weighted by Crippen LogP contribution is 2.30. The molecule has 1 aromatic carbocycles. The highest BCUT2D eigenvalue weighted by atomic mass is 16.5. The third kappa shape index (κ3) is 3.76. The topological polar surface area (TPSA) is 55.9 Å². The van der Waals surface area contributed by atoms with E-state index in [9.17, 15) is 0 Å². The number of hydrogen-bond acceptors (Lipinski definition) is 4. The maximum absolute atomic E-state index is 5.45. The molecular weight excluding hydrogens is 348 g/mol. The Morgan fingerprint density at radius 3 is 2.71 bits per heavy atom. The van der Waals surface area contributed by atoms with Gasteiger partial charge in [-0.15, -0.1) is 0 Å². The first-order valence-corrected chi connectivity index (χ1v) is 10.3. The van der Waals surface area contributed by atoms with Crippen LogP contribution < -0.4 is 5.32 Å². The third-order valence-electron chi connectivity index (χ3n) is 6.13. The summed E-state index contributed by atoms with van der Waals surface area (Å²) in [4.78, 5) is 0. The molecule has 5 heteroatoms. The number of para-hydroxylation sites is 1. The van der Waals surface area contributed by atoms with Gasteiger partial charge in [-0.1, -0.05) is 29.8 Å². The van der Waals surface area contributed by atoms with Crippen LogP contribution in [0.15, 0.2) is 34.9 Å². The monoisotopic (exact) mass is 378 g/mol. The zero-order valence-electron chi connectivity index (χ0n) is 17.3. The lowest BCUT2D eigenvalue weighted by Crippen LogP contribution is -2.33. The van der Waals surface area contributed by atoms with Gasteiger partial charge < -0.3 is 9.84 Å². The first-order valence-electron chi connectivity index (χ1n) is 10.3. The van der Waals surface area contributed by atoms with Gasteiger partial charge in [0.05, 0.1) is 17.1 Å². The lowest BCUT2D eigenvalue weighted by molar-refractivity contribution is 0.329. The minimum Gasteiger partial charge on any atom is -0.361 e. The zero-order valence-corrected chi connectivity index (χ0v) is 17.3. The molecule has 28 heavy (non-hydrogen) atoms. The molecule has 1 aliphatic carbocycles. The van der Waals surface area contributed by atoms with Gasteiger partial charge in [-0.2, -0.15) is 5.10 Å². The minimum atomic E-state index is 0.519. The molecule has 0 amide bonds. The third-order valence-corrected chi connectivity index (χ3v) is 6.13. The Morgan fingerprint density at radius 1 is 1.14 bits per heavy atom. The second-order valence-corrected chi connectivity index (χ2v) is 8.16. The molecule has 0 unspecified atom stereocenters. The summed E-state index contributed by atoms with van der Waals surface area (Å²) in [5, 5.41) is 12.7. The van der Waals surface area contributed by atoms with Crippen LogP contribution >= 0.6 is 0 Å². The second kappa shape index (κ2) is 7.92. The molecule has 2 atom stereocenters. The van der Waals surface area contributed by atoms with E-state index in [1.54, 1.807) is 0 Å². The molecular formula is C23H30N4O. The van der Waals surface area contributed by atoms with Crippen molar-refractivity contribution in [2.24, 2.45) is 5.92 Å². The van der Waals surface area contributed by atoms with Crippen LogP contribution in [0.4, 0.5) is 0 Å². The Balaban J connectivity index is 1.47. The fourth-order valence-electron chi connectivity index (χ4n) is 4.52. The molecule has 148 valence electrons. The van der Waals surface area contributed by atoms with Gasteiger partial charge in [-0.05, 0) is 58.1 Å². The normalized spacial score (nSPS) is 19.4. The summed E-state index contributed by atoms with van der Waals surface area (Å²) in [6, 6.07) is 11.0. The van der Waals surface area contributed by atoms with Gasteiger partial charge in [-0.3, -0.25) is 0 Å². The van der Waals surface area contributed by atoms with Crippen molar-refractivity contribution in [3.8, 4) is 5.69 Å². The van der Waals surface area contributed by atoms with Gasteiger partial charge in [0, 0.05) is 36.3 Å². The van der Waals surface area contributed by atoms with Gasteiger partial charge >= 0.3 is 0 Å². The van der Waals surface area contributed by atoms with E-state index in [1.165, 1.54) is 36.1 Å². The lowest BCUT2D eigenvalue weighted by atomic mass is 9.97. The van der Waals surface area contributed by atoms with Crippen molar-refractivity contribution in [1.82, 2.24) is 20.3 Å². The van der Waals surface area contributed by atoms with Crippen LogP contribution in [-0.2, 0) is 13.0 Å². The van der Waals surface area contributed by atoms with Crippen LogP contribution in [0.1, 0.15) is 53.2 Å². The highest BCUT2D eigenvalue weighted by Gasteiger charge is 2.28. The molecule has 1 fully saturated rings. The summed E-state index contributed by atoms with van der Waals surface area (Å²) < 4.78 is 7.54. The summed E-state index contributed by atoms with van der Waals surface area (Å²) in [6.07, 6.45) is 4.72. The Kier molecular flexibility index (Phi) is 5.36. The first kappa shape index (κ1) is 18.9. The number of nitrogens with zero attached hydrogens (tertiary/aromatic N) is 3. The largest absolute Gasteiger partial charge is 0.361 e. The standard InChI is InChI=1S/C23H30N4O/c1-15-8-5-6-11-23(15)27-18(4)21(17(3)25-27)14-24-22-10-7-9-19(22)13-20-12-16(2)26-28-20/h5-6,8,11-12,19,22,24H,7,9-10,13-14H2,1-4H3/t19-,22+/m0/s1. The molecule has 0 radical (unpaired) electrons. The van der Waals surface area contributed by atoms with Crippen molar-refractivity contribution in [1.29, 1.82) is 0 Å². The van der Waals surface area contributed by atoms with E-state index in [-0.39, 0.29) is 0 Å². The summed E-state index contributed by atoms with van der Waals surface area (Å²) >= 11 is 0. The van der Waals surface area contributed by atoms with Crippen LogP contribution in [0, 0.1) is 33.6 Å². The molecule has 3 aromatic rings. The molecule has 0 bridgehead atoms. The predicted molar refractivity (Wildman–Crippen MR) is 111 cm³/mol. The average molecular weight is 379 g/mol. The molecule has 2 aromatic heterocycles. The van der Waals surface area contributed by atoms with E-state index in [0.29, 0.717) is 12.0 Å². The molecule has 1 N–H and O–H groups in total. The fraction of sp³-hybridized carbons (Fsp3) is 0.478. The molecule has 4 rings (SSSR count). The summed E-state index contributed by atoms with van der Waals surface area (Å²) in [6.45, 7) is 9.27. The molecule has 1 aliphatic rings. The van der Waals surface area contributed by atoms with Crippen LogP contribution in [0.2, 0.25) is 0 Å². The van der Waals surface area contributed by atoms with Gasteiger partial charge in [0.15, 0.2) is 0 Å². The SMILES string of the molecule is Cc1cc(C[C@@H]2CCC[C@H]2NCc2c(C)nn(-c3ccccc3C)c2C)on1. The van der Waals surface area contributed by atoms with E-state index in [2.05, 4.69) is 66.3 Å². The van der Waals surface area contributed by atoms with E-state index >= 15 is 0 Å². The van der Waals surface area contributed by atoms with E-state index in [0.717, 1.165) is 35.8 Å². The van der Waals surface area contributed by atoms with Gasteiger partial charge in [0.25, 0.3) is 0 Å². The zero-order chi connectivity index (χ0) is 19.7. The van der Waals surface area contributed by atoms with E-state index < -0.39 is 0 Å². The molecule has 2 heterocycles. The van der Waals surface area contributed by atoms with Crippen molar-refractivity contribution in [3.63, 3.8) is 0 Å². The summed E-state index contributed by atoms with van der Waals surface area (Å²) in [7, 11) is 0. The van der Waals surface area contributed by atoms with E-state index in [4.69, 9.17) is 9.62 Å². The predicted octanol–water partition coefficient (Wildman–Crippen LogP) is 4.59. The molecule has 0 saturated heterocycles. The fourth-order valence-corrected chi connectivity index (χ4v) is 4.52. The number of aryl methyl sites for hydroxylation is 3. The molecule has 1 saturated carbocycles. The maximum atomic E-state index is 5.45. The van der Waals surface area contributed by atoms with Gasteiger partial charge in [0.2, 0.25) is 0 Å². The van der Waals surface area contributed by atoms with Crippen LogP contribution in [0.5, 0.6) is 0 Å². The maximum Gasteiger partial charge on any atom is 0.137 e. The van der Waals surface area contributed by atoms with Crippen molar-refractivity contribution < 1.29 is 4.52 Å². The van der Waals surface area contributed by atoms with Gasteiger partial charge in [-0.25, -0.2) is 4.68 Å². The second-order valence-electron chi connectivity index (χ2n) is 8.16. The smallest absolute Gasteiger partial charge is 0.137 e. The van der Waals surface area contributed by atoms with Crippen molar-refractivity contribution in [2.45, 2.75) is 66.0 Å². The molecule has 0 aliphatic heterocycles. The van der Waals surface area contributed by atoms with Gasteiger partial charge in [0.1, 0.15) is 5.76 Å². The highest BCUT2D eigenvalue weighted by molar-refractivity contribution is 5.42. The molecule has 5 nitrogen and oxygen atoms in total. The van der Waals surface area contributed by atoms with Crippen LogP contribution in [-0.4, -0.2) is 21.0 Å².